The zero-order valence-corrected chi connectivity index (χ0v) is 15.3. The van der Waals surface area contributed by atoms with Crippen LogP contribution in [0.4, 0.5) is 5.69 Å². The fourth-order valence-corrected chi connectivity index (χ4v) is 2.75. The van der Waals surface area contributed by atoms with Gasteiger partial charge in [0.2, 0.25) is 0 Å². The number of benzene rings is 3. The molecule has 3 aromatic rings. The summed E-state index contributed by atoms with van der Waals surface area (Å²) in [6, 6.07) is 23.8. The summed E-state index contributed by atoms with van der Waals surface area (Å²) >= 11 is 5.81. The van der Waals surface area contributed by atoms with Crippen molar-refractivity contribution in [1.29, 1.82) is 0 Å². The molecule has 27 heavy (non-hydrogen) atoms. The molecule has 0 aliphatic carbocycles. The maximum absolute atomic E-state index is 12.4. The second kappa shape index (κ2) is 9.01. The first-order chi connectivity index (χ1) is 13.1. The Morgan fingerprint density at radius 1 is 0.852 bits per heavy atom. The van der Waals surface area contributed by atoms with Crippen LogP contribution in [-0.4, -0.2) is 18.5 Å². The number of hydrogen-bond acceptors (Lipinski definition) is 3. The quantitative estimate of drug-likeness (QED) is 0.630. The van der Waals surface area contributed by atoms with Crippen molar-refractivity contribution in [2.24, 2.45) is 0 Å². The predicted octanol–water partition coefficient (Wildman–Crippen LogP) is 4.73. The first-order valence-electron chi connectivity index (χ1n) is 8.46. The Morgan fingerprint density at radius 2 is 1.52 bits per heavy atom. The summed E-state index contributed by atoms with van der Waals surface area (Å²) in [5.74, 6) is -0.931. The van der Waals surface area contributed by atoms with Gasteiger partial charge in [-0.15, -0.1) is 0 Å². The Labute approximate surface area is 162 Å². The Bertz CT molecular complexity index is 924. The highest BCUT2D eigenvalue weighted by Crippen LogP contribution is 2.16. The van der Waals surface area contributed by atoms with E-state index in [1.807, 2.05) is 42.5 Å². The molecule has 0 spiro atoms. The third-order valence-electron chi connectivity index (χ3n) is 3.94. The second-order valence-corrected chi connectivity index (χ2v) is 6.39. The van der Waals surface area contributed by atoms with E-state index in [2.05, 4.69) is 5.32 Å². The highest BCUT2D eigenvalue weighted by Gasteiger charge is 2.14. The minimum Gasteiger partial charge on any atom is -0.452 e. The molecule has 0 saturated heterocycles. The number of hydrogen-bond donors (Lipinski definition) is 1. The maximum Gasteiger partial charge on any atom is 0.338 e. The number of halogens is 1. The number of amides is 1. The summed E-state index contributed by atoms with van der Waals surface area (Å²) in [7, 11) is 0. The van der Waals surface area contributed by atoms with Crippen molar-refractivity contribution in [1.82, 2.24) is 0 Å². The van der Waals surface area contributed by atoms with Crippen LogP contribution in [0.2, 0.25) is 5.02 Å². The average molecular weight is 380 g/mol. The Morgan fingerprint density at radius 3 is 2.26 bits per heavy atom. The third-order valence-corrected chi connectivity index (χ3v) is 4.19. The van der Waals surface area contributed by atoms with E-state index in [0.717, 1.165) is 11.1 Å². The highest BCUT2D eigenvalue weighted by molar-refractivity contribution is 6.30. The number of carbonyl (C=O) groups excluding carboxylic acids is 2. The predicted molar refractivity (Wildman–Crippen MR) is 106 cm³/mol. The van der Waals surface area contributed by atoms with Gasteiger partial charge in [-0.1, -0.05) is 60.1 Å². The number of anilines is 1. The molecule has 0 heterocycles. The topological polar surface area (TPSA) is 55.4 Å². The van der Waals surface area contributed by atoms with Crippen LogP contribution < -0.4 is 5.32 Å². The summed E-state index contributed by atoms with van der Waals surface area (Å²) in [5.41, 5.74) is 3.00. The minimum absolute atomic E-state index is 0.360. The molecular weight excluding hydrogens is 362 g/mol. The van der Waals surface area contributed by atoms with Crippen molar-refractivity contribution in [2.75, 3.05) is 11.9 Å². The van der Waals surface area contributed by atoms with Gasteiger partial charge in [0, 0.05) is 10.7 Å². The second-order valence-electron chi connectivity index (χ2n) is 5.95. The van der Waals surface area contributed by atoms with Crippen molar-refractivity contribution in [3.8, 4) is 0 Å². The normalized spacial score (nSPS) is 10.3. The van der Waals surface area contributed by atoms with E-state index in [1.165, 1.54) is 0 Å². The van der Waals surface area contributed by atoms with E-state index >= 15 is 0 Å². The molecule has 0 aromatic heterocycles. The lowest BCUT2D eigenvalue weighted by Crippen LogP contribution is -2.21. The van der Waals surface area contributed by atoms with Gasteiger partial charge in [0.05, 0.1) is 5.56 Å². The number of nitrogens with one attached hydrogen (secondary N) is 1. The fraction of sp³-hybridized carbons (Fsp3) is 0.0909. The van der Waals surface area contributed by atoms with Crippen LogP contribution in [0.1, 0.15) is 21.5 Å². The molecular formula is C22H18ClNO3. The summed E-state index contributed by atoms with van der Waals surface area (Å²) < 4.78 is 5.19. The van der Waals surface area contributed by atoms with Gasteiger partial charge in [-0.3, -0.25) is 4.79 Å². The van der Waals surface area contributed by atoms with Gasteiger partial charge < -0.3 is 10.1 Å². The standard InChI is InChI=1S/C22H18ClNO3/c23-18-10-12-19(13-11-18)24-21(25)15-27-22(26)20-9-5-4-8-17(20)14-16-6-2-1-3-7-16/h1-13H,14-15H2,(H,24,25). The summed E-state index contributed by atoms with van der Waals surface area (Å²) in [5, 5.41) is 3.23. The summed E-state index contributed by atoms with van der Waals surface area (Å²) in [6.07, 6.45) is 0.614. The van der Waals surface area contributed by atoms with Crippen LogP contribution >= 0.6 is 11.6 Å². The Balaban J connectivity index is 1.61. The molecule has 0 radical (unpaired) electrons. The van der Waals surface area contributed by atoms with E-state index in [0.29, 0.717) is 22.7 Å². The van der Waals surface area contributed by atoms with Crippen LogP contribution in [-0.2, 0) is 16.0 Å². The van der Waals surface area contributed by atoms with E-state index in [-0.39, 0.29) is 6.61 Å². The molecule has 0 fully saturated rings. The highest BCUT2D eigenvalue weighted by atomic mass is 35.5. The first kappa shape index (κ1) is 18.7. The minimum atomic E-state index is -0.521. The van der Waals surface area contributed by atoms with Crippen LogP contribution in [0.15, 0.2) is 78.9 Å². The smallest absolute Gasteiger partial charge is 0.338 e. The summed E-state index contributed by atoms with van der Waals surface area (Å²) in [6.45, 7) is -0.360. The molecule has 0 atom stereocenters. The van der Waals surface area contributed by atoms with Gasteiger partial charge in [-0.05, 0) is 47.9 Å². The van der Waals surface area contributed by atoms with Crippen LogP contribution in [0, 0.1) is 0 Å². The third kappa shape index (κ3) is 5.43. The van der Waals surface area contributed by atoms with Crippen LogP contribution in [0.25, 0.3) is 0 Å². The van der Waals surface area contributed by atoms with E-state index < -0.39 is 11.9 Å². The molecule has 1 amide bonds. The van der Waals surface area contributed by atoms with Gasteiger partial charge in [0.1, 0.15) is 0 Å². The Hall–Kier alpha value is -3.11. The van der Waals surface area contributed by atoms with Crippen molar-refractivity contribution in [3.63, 3.8) is 0 Å². The molecule has 0 aliphatic rings. The molecule has 0 unspecified atom stereocenters. The van der Waals surface area contributed by atoms with Gasteiger partial charge in [-0.25, -0.2) is 4.79 Å². The first-order valence-corrected chi connectivity index (χ1v) is 8.84. The van der Waals surface area contributed by atoms with Crippen LogP contribution in [0.5, 0.6) is 0 Å². The van der Waals surface area contributed by atoms with Gasteiger partial charge in [0.15, 0.2) is 6.61 Å². The molecule has 1 N–H and O–H groups in total. The van der Waals surface area contributed by atoms with E-state index in [9.17, 15) is 9.59 Å². The van der Waals surface area contributed by atoms with Gasteiger partial charge >= 0.3 is 5.97 Å². The van der Waals surface area contributed by atoms with Crippen LogP contribution in [0.3, 0.4) is 0 Å². The zero-order valence-electron chi connectivity index (χ0n) is 14.5. The molecule has 0 aliphatic heterocycles. The number of carbonyl (C=O) groups is 2. The number of rotatable bonds is 6. The lowest BCUT2D eigenvalue weighted by atomic mass is 10.00. The Kier molecular flexibility index (Phi) is 6.23. The van der Waals surface area contributed by atoms with Crippen molar-refractivity contribution in [3.05, 3.63) is 101 Å². The van der Waals surface area contributed by atoms with Crippen molar-refractivity contribution in [2.45, 2.75) is 6.42 Å². The fourth-order valence-electron chi connectivity index (χ4n) is 2.63. The molecule has 3 rings (SSSR count). The lowest BCUT2D eigenvalue weighted by Gasteiger charge is -2.10. The monoisotopic (exact) mass is 379 g/mol. The van der Waals surface area contributed by atoms with Crippen molar-refractivity contribution < 1.29 is 14.3 Å². The molecule has 4 nitrogen and oxygen atoms in total. The van der Waals surface area contributed by atoms with Gasteiger partial charge in [0.25, 0.3) is 5.91 Å². The largest absolute Gasteiger partial charge is 0.452 e. The maximum atomic E-state index is 12.4. The molecule has 3 aromatic carbocycles. The van der Waals surface area contributed by atoms with Crippen molar-refractivity contribution >= 4 is 29.2 Å². The molecule has 0 bridgehead atoms. The zero-order chi connectivity index (χ0) is 19.1. The number of ether oxygens (including phenoxy) is 1. The number of esters is 1. The lowest BCUT2D eigenvalue weighted by molar-refractivity contribution is -0.119. The summed E-state index contributed by atoms with van der Waals surface area (Å²) in [4.78, 5) is 24.4. The molecule has 0 saturated carbocycles. The van der Waals surface area contributed by atoms with Gasteiger partial charge in [-0.2, -0.15) is 0 Å². The average Bonchev–Trinajstić information content (AvgIpc) is 2.69. The van der Waals surface area contributed by atoms with E-state index in [1.54, 1.807) is 36.4 Å². The SMILES string of the molecule is O=C(COC(=O)c1ccccc1Cc1ccccc1)Nc1ccc(Cl)cc1. The molecule has 5 heteroatoms. The molecule has 136 valence electrons. The van der Waals surface area contributed by atoms with E-state index in [4.69, 9.17) is 16.3 Å².